The molecule has 0 unspecified atom stereocenters. The van der Waals surface area contributed by atoms with E-state index in [0.29, 0.717) is 0 Å². The maximum Gasteiger partial charge on any atom is 0.274 e. The molecule has 6 nitrogen and oxygen atoms in total. The average molecular weight is 400 g/mol. The topological polar surface area (TPSA) is 50.8 Å². The van der Waals surface area contributed by atoms with Gasteiger partial charge in [0.15, 0.2) is 5.65 Å². The molecule has 0 radical (unpaired) electrons. The van der Waals surface area contributed by atoms with Crippen LogP contribution in [0.25, 0.3) is 16.8 Å². The third-order valence-electron chi connectivity index (χ3n) is 6.03. The van der Waals surface area contributed by atoms with Crippen LogP contribution in [-0.2, 0) is 0 Å². The smallest absolute Gasteiger partial charge is 0.274 e. The minimum atomic E-state index is 0.925. The third kappa shape index (κ3) is 3.18. The van der Waals surface area contributed by atoms with Crippen molar-refractivity contribution in [2.75, 3.05) is 36.0 Å². The molecule has 0 atom stereocenters. The van der Waals surface area contributed by atoms with Crippen LogP contribution < -0.4 is 14.8 Å². The van der Waals surface area contributed by atoms with Crippen molar-refractivity contribution in [1.82, 2.24) is 14.6 Å². The SMILES string of the molecule is Cc1cccc(N2CCN(c3c(C)c(C)nc4c(-c5ccccc5)cnn34)CC2)[nH+]1. The lowest BCUT2D eigenvalue weighted by molar-refractivity contribution is -0.373. The zero-order valence-electron chi connectivity index (χ0n) is 17.8. The van der Waals surface area contributed by atoms with Gasteiger partial charge in [-0.15, -0.1) is 0 Å². The predicted octanol–water partition coefficient (Wildman–Crippen LogP) is 3.46. The molecule has 1 aromatic carbocycles. The largest absolute Gasteiger partial charge is 0.348 e. The van der Waals surface area contributed by atoms with E-state index in [-0.39, 0.29) is 0 Å². The number of aromatic amines is 1. The minimum absolute atomic E-state index is 0.925. The number of pyridine rings is 1. The Balaban J connectivity index is 1.49. The minimum Gasteiger partial charge on any atom is -0.348 e. The van der Waals surface area contributed by atoms with Crippen molar-refractivity contribution in [2.24, 2.45) is 0 Å². The lowest BCUT2D eigenvalue weighted by Gasteiger charge is -2.33. The van der Waals surface area contributed by atoms with E-state index in [4.69, 9.17) is 10.1 Å². The Bertz CT molecular complexity index is 1190. The zero-order valence-corrected chi connectivity index (χ0v) is 17.8. The number of aromatic nitrogens is 4. The molecule has 1 aliphatic heterocycles. The van der Waals surface area contributed by atoms with Crippen molar-refractivity contribution < 1.29 is 4.98 Å². The van der Waals surface area contributed by atoms with Crippen molar-refractivity contribution in [1.29, 1.82) is 0 Å². The number of nitrogens with zero attached hydrogens (tertiary/aromatic N) is 5. The van der Waals surface area contributed by atoms with Gasteiger partial charge in [-0.3, -0.25) is 4.90 Å². The van der Waals surface area contributed by atoms with Gasteiger partial charge in [0.25, 0.3) is 5.82 Å². The van der Waals surface area contributed by atoms with E-state index in [1.807, 2.05) is 16.8 Å². The molecule has 6 heteroatoms. The van der Waals surface area contributed by atoms with Gasteiger partial charge in [0, 0.05) is 22.9 Å². The van der Waals surface area contributed by atoms with Gasteiger partial charge >= 0.3 is 0 Å². The maximum absolute atomic E-state index is 4.90. The quantitative estimate of drug-likeness (QED) is 0.529. The number of benzene rings is 1. The second-order valence-corrected chi connectivity index (χ2v) is 8.00. The van der Waals surface area contributed by atoms with Crippen molar-refractivity contribution >= 4 is 17.3 Å². The number of H-pyrrole nitrogens is 1. The highest BCUT2D eigenvalue weighted by Crippen LogP contribution is 2.30. The lowest BCUT2D eigenvalue weighted by Crippen LogP contribution is -2.49. The number of fused-ring (bicyclic) bond motifs is 1. The van der Waals surface area contributed by atoms with E-state index in [1.165, 1.54) is 17.1 Å². The normalized spacial score (nSPS) is 14.5. The number of hydrogen-bond donors (Lipinski definition) is 0. The summed E-state index contributed by atoms with van der Waals surface area (Å²) in [7, 11) is 0. The molecule has 0 bridgehead atoms. The third-order valence-corrected chi connectivity index (χ3v) is 6.03. The molecule has 4 heterocycles. The number of aryl methyl sites for hydroxylation is 2. The van der Waals surface area contributed by atoms with E-state index in [9.17, 15) is 0 Å². The van der Waals surface area contributed by atoms with Gasteiger partial charge in [-0.2, -0.15) is 9.61 Å². The van der Waals surface area contributed by atoms with E-state index < -0.39 is 0 Å². The van der Waals surface area contributed by atoms with Crippen LogP contribution in [0.2, 0.25) is 0 Å². The van der Waals surface area contributed by atoms with Crippen LogP contribution in [0.4, 0.5) is 11.6 Å². The number of hydrogen-bond acceptors (Lipinski definition) is 4. The van der Waals surface area contributed by atoms with Crippen LogP contribution in [0, 0.1) is 20.8 Å². The Morgan fingerprint density at radius 3 is 2.30 bits per heavy atom. The van der Waals surface area contributed by atoms with Crippen LogP contribution in [-0.4, -0.2) is 40.8 Å². The molecule has 1 saturated heterocycles. The van der Waals surface area contributed by atoms with Gasteiger partial charge in [-0.25, -0.2) is 9.97 Å². The van der Waals surface area contributed by atoms with Crippen LogP contribution in [0.15, 0.2) is 54.7 Å². The Kier molecular flexibility index (Phi) is 4.62. The zero-order chi connectivity index (χ0) is 20.7. The first-order chi connectivity index (χ1) is 14.6. The number of piperazine rings is 1. The predicted molar refractivity (Wildman–Crippen MR) is 120 cm³/mol. The first-order valence-corrected chi connectivity index (χ1v) is 10.5. The number of nitrogens with one attached hydrogen (secondary N) is 1. The average Bonchev–Trinajstić information content (AvgIpc) is 3.18. The molecule has 152 valence electrons. The summed E-state index contributed by atoms with van der Waals surface area (Å²) >= 11 is 0. The molecule has 1 N–H and O–H groups in total. The second kappa shape index (κ2) is 7.44. The van der Waals surface area contributed by atoms with Gasteiger partial charge in [0.05, 0.1) is 25.0 Å². The van der Waals surface area contributed by atoms with Gasteiger partial charge < -0.3 is 4.90 Å². The van der Waals surface area contributed by atoms with Crippen molar-refractivity contribution in [3.8, 4) is 11.1 Å². The first-order valence-electron chi connectivity index (χ1n) is 10.5. The Hall–Kier alpha value is -3.41. The second-order valence-electron chi connectivity index (χ2n) is 8.00. The number of anilines is 2. The molecular formula is C24H27N6+. The maximum atomic E-state index is 4.90. The van der Waals surface area contributed by atoms with Gasteiger partial charge in [-0.1, -0.05) is 36.4 Å². The summed E-state index contributed by atoms with van der Waals surface area (Å²) in [5, 5.41) is 4.75. The summed E-state index contributed by atoms with van der Waals surface area (Å²) in [6, 6.07) is 16.8. The summed E-state index contributed by atoms with van der Waals surface area (Å²) in [5.74, 6) is 2.35. The molecule has 1 aliphatic rings. The molecule has 4 aromatic rings. The molecule has 0 aliphatic carbocycles. The fraction of sp³-hybridized carbons (Fsp3) is 0.292. The van der Waals surface area contributed by atoms with E-state index in [1.54, 1.807) is 0 Å². The fourth-order valence-corrected chi connectivity index (χ4v) is 4.27. The van der Waals surface area contributed by atoms with Gasteiger partial charge in [0.1, 0.15) is 18.9 Å². The first kappa shape index (κ1) is 18.6. The Labute approximate surface area is 176 Å². The number of rotatable bonds is 3. The van der Waals surface area contributed by atoms with E-state index in [2.05, 4.69) is 78.0 Å². The molecule has 0 saturated carbocycles. The molecule has 0 amide bonds. The van der Waals surface area contributed by atoms with Crippen LogP contribution in [0.3, 0.4) is 0 Å². The summed E-state index contributed by atoms with van der Waals surface area (Å²) in [6.07, 6.45) is 1.94. The summed E-state index contributed by atoms with van der Waals surface area (Å²) in [5.41, 5.74) is 6.59. The van der Waals surface area contributed by atoms with Gasteiger partial charge in [-0.05, 0) is 32.4 Å². The summed E-state index contributed by atoms with van der Waals surface area (Å²) < 4.78 is 2.03. The highest BCUT2D eigenvalue weighted by Gasteiger charge is 2.27. The monoisotopic (exact) mass is 399 g/mol. The van der Waals surface area contributed by atoms with Crippen molar-refractivity contribution in [2.45, 2.75) is 20.8 Å². The van der Waals surface area contributed by atoms with Gasteiger partial charge in [0.2, 0.25) is 0 Å². The molecule has 1 fully saturated rings. The highest BCUT2D eigenvalue weighted by atomic mass is 15.4. The van der Waals surface area contributed by atoms with Crippen LogP contribution in [0.5, 0.6) is 0 Å². The summed E-state index contributed by atoms with van der Waals surface area (Å²) in [4.78, 5) is 13.2. The Morgan fingerprint density at radius 1 is 0.833 bits per heavy atom. The van der Waals surface area contributed by atoms with Crippen LogP contribution >= 0.6 is 0 Å². The molecule has 5 rings (SSSR count). The van der Waals surface area contributed by atoms with E-state index >= 15 is 0 Å². The standard InChI is InChI=1S/C24H26N6/c1-17-8-7-11-22(26-17)28-12-14-29(15-13-28)24-18(2)19(3)27-23-21(16-25-30(23)24)20-9-5-4-6-10-20/h4-11,16H,12-15H2,1-3H3/p+1. The summed E-state index contributed by atoms with van der Waals surface area (Å²) in [6.45, 7) is 10.2. The Morgan fingerprint density at radius 2 is 1.57 bits per heavy atom. The van der Waals surface area contributed by atoms with Crippen LogP contribution in [0.1, 0.15) is 17.0 Å². The lowest BCUT2D eigenvalue weighted by atomic mass is 10.1. The molecule has 0 spiro atoms. The van der Waals surface area contributed by atoms with E-state index in [0.717, 1.165) is 54.5 Å². The molecule has 3 aromatic heterocycles. The molecule has 30 heavy (non-hydrogen) atoms. The van der Waals surface area contributed by atoms with Crippen molar-refractivity contribution in [3.05, 3.63) is 71.7 Å². The highest BCUT2D eigenvalue weighted by molar-refractivity contribution is 5.78. The molecular weight excluding hydrogens is 372 g/mol. The van der Waals surface area contributed by atoms with Crippen molar-refractivity contribution in [3.63, 3.8) is 0 Å². The fourth-order valence-electron chi connectivity index (χ4n) is 4.27.